The summed E-state index contributed by atoms with van der Waals surface area (Å²) in [5.41, 5.74) is 12.3. The number of fused-ring (bicyclic) bond motifs is 5. The smallest absolute Gasteiger partial charge is 0.336 e. The number of esters is 1. The van der Waals surface area contributed by atoms with E-state index >= 15 is 0 Å². The van der Waals surface area contributed by atoms with E-state index in [-0.39, 0.29) is 43.2 Å². The second kappa shape index (κ2) is 31.8. The van der Waals surface area contributed by atoms with E-state index < -0.39 is 103 Å². The molecule has 3 saturated heterocycles. The first-order chi connectivity index (χ1) is 47.1. The fourth-order valence-corrected chi connectivity index (χ4v) is 13.1. The third-order valence-corrected chi connectivity index (χ3v) is 18.0. The third-order valence-electron chi connectivity index (χ3n) is 16.8. The molecule has 7 heterocycles. The zero-order chi connectivity index (χ0) is 69.9. The number of nitrogen functional groups attached to an aromatic ring is 1. The van der Waals surface area contributed by atoms with Crippen LogP contribution in [-0.4, -0.2) is 182 Å². The molecule has 0 amide bonds. The van der Waals surface area contributed by atoms with Gasteiger partial charge in [0.15, 0.2) is 46.8 Å². The number of carboxylic acid groups (broad SMARTS) is 3. The van der Waals surface area contributed by atoms with Crippen molar-refractivity contribution in [3.8, 4) is 34.5 Å². The number of anilines is 1. The van der Waals surface area contributed by atoms with E-state index in [1.165, 1.54) is 59.7 Å². The molecule has 1 aliphatic carbocycles. The summed E-state index contributed by atoms with van der Waals surface area (Å²) in [6.07, 6.45) is -6.96. The molecule has 5 aromatic carbocycles. The second-order valence-electron chi connectivity index (χ2n) is 23.4. The molecule has 8 aromatic rings. The first kappa shape index (κ1) is 71.2. The number of benzene rings is 5. The number of aromatic amines is 2. The van der Waals surface area contributed by atoms with Crippen LogP contribution in [0.15, 0.2) is 133 Å². The van der Waals surface area contributed by atoms with Gasteiger partial charge in [-0.05, 0) is 113 Å². The molecule has 3 fully saturated rings. The molecule has 0 radical (unpaired) electrons. The van der Waals surface area contributed by atoms with E-state index in [1.54, 1.807) is 18.2 Å². The Morgan fingerprint density at radius 1 is 0.806 bits per heavy atom. The number of nitrogens with zero attached hydrogens (tertiary/aromatic N) is 3. The summed E-state index contributed by atoms with van der Waals surface area (Å²) in [5.74, 6) is -4.90. The number of phenols is 1. The second-order valence-corrected chi connectivity index (χ2v) is 24.8. The van der Waals surface area contributed by atoms with Crippen LogP contribution in [0.3, 0.4) is 0 Å². The van der Waals surface area contributed by atoms with E-state index in [0.717, 1.165) is 23.6 Å². The van der Waals surface area contributed by atoms with Gasteiger partial charge in [0.2, 0.25) is 18.5 Å². The average molecular weight is 1390 g/mol. The van der Waals surface area contributed by atoms with Gasteiger partial charge in [0.1, 0.15) is 46.9 Å². The van der Waals surface area contributed by atoms with E-state index in [2.05, 4.69) is 131 Å². The molecule has 13 rings (SSSR count). The van der Waals surface area contributed by atoms with Crippen LogP contribution in [0.2, 0.25) is 0 Å². The minimum absolute atomic E-state index is 0.0242. The van der Waals surface area contributed by atoms with Crippen molar-refractivity contribution in [3.05, 3.63) is 176 Å². The number of aliphatic carboxylic acids is 3. The van der Waals surface area contributed by atoms with Crippen LogP contribution in [0.4, 0.5) is 5.95 Å². The lowest BCUT2D eigenvalue weighted by molar-refractivity contribution is -0.368. The van der Waals surface area contributed by atoms with Gasteiger partial charge in [-0.15, -0.1) is 11.3 Å². The number of hydrogen-bond acceptors (Lipinski definition) is 24. The summed E-state index contributed by atoms with van der Waals surface area (Å²) in [5, 5.41) is 68.8. The zero-order valence-electron chi connectivity index (χ0n) is 53.7. The maximum Gasteiger partial charge on any atom is 0.336 e. The Kier molecular flexibility index (Phi) is 23.1. The van der Waals surface area contributed by atoms with Crippen molar-refractivity contribution in [3.63, 3.8) is 0 Å². The molecular formula is C69H74N6O21S2. The number of carboxylic acids is 3. The van der Waals surface area contributed by atoms with Crippen molar-refractivity contribution in [2.24, 2.45) is 11.8 Å². The quantitative estimate of drug-likeness (QED) is 0.0207. The molecule has 0 bridgehead atoms. The van der Waals surface area contributed by atoms with Crippen LogP contribution < -0.4 is 29.4 Å². The van der Waals surface area contributed by atoms with E-state index in [1.807, 2.05) is 23.6 Å². The maximum absolute atomic E-state index is 13.5. The van der Waals surface area contributed by atoms with Crippen molar-refractivity contribution in [2.45, 2.75) is 80.8 Å². The molecule has 518 valence electrons. The predicted octanol–water partition coefficient (Wildman–Crippen LogP) is 8.10. The number of carbonyl (C=O) groups excluding carboxylic acids is 1. The lowest BCUT2D eigenvalue weighted by Gasteiger charge is -2.48. The molecule has 10 atom stereocenters. The number of allylic oxidation sites excluding steroid dienone is 1. The number of nitrogens with two attached hydrogens (primary N) is 1. The Balaban J connectivity index is 0.000000168. The van der Waals surface area contributed by atoms with E-state index in [4.69, 9.17) is 85.7 Å². The number of cyclic esters (lactones) is 1. The first-order valence-electron chi connectivity index (χ1n) is 30.9. The van der Waals surface area contributed by atoms with Gasteiger partial charge in [-0.25, -0.2) is 9.78 Å². The number of likely N-dealkylation sites (N-methyl/N-ethyl adjacent to an activating group) is 1. The number of imidazole rings is 1. The first-order valence-corrected chi connectivity index (χ1v) is 32.2. The number of aromatic nitrogens is 4. The summed E-state index contributed by atoms with van der Waals surface area (Å²) in [6, 6.07) is 40.5. The predicted molar refractivity (Wildman–Crippen MR) is 356 cm³/mol. The number of hydrogen-bond donors (Lipinski definition) is 10. The van der Waals surface area contributed by atoms with Crippen LogP contribution in [-0.2, 0) is 42.9 Å². The number of nitrogens with one attached hydrogen (secondary N) is 2. The molecule has 0 saturated carbocycles. The minimum atomic E-state index is -2.74. The Morgan fingerprint density at radius 2 is 1.44 bits per heavy atom. The van der Waals surface area contributed by atoms with Gasteiger partial charge in [0.05, 0.1) is 63.5 Å². The monoisotopic (exact) mass is 1390 g/mol. The van der Waals surface area contributed by atoms with Crippen molar-refractivity contribution < 1.29 is 102 Å². The molecule has 3 unspecified atom stereocenters. The normalized spacial score (nSPS) is 22.2. The van der Waals surface area contributed by atoms with Gasteiger partial charge in [-0.3, -0.25) is 14.4 Å². The van der Waals surface area contributed by atoms with Crippen molar-refractivity contribution in [1.29, 1.82) is 0 Å². The van der Waals surface area contributed by atoms with Crippen LogP contribution in [0.25, 0.3) is 22.3 Å². The van der Waals surface area contributed by atoms with Gasteiger partial charge in [-0.2, -0.15) is 4.98 Å². The van der Waals surface area contributed by atoms with Crippen LogP contribution in [0, 0.1) is 16.5 Å². The summed E-state index contributed by atoms with van der Waals surface area (Å²) < 4.78 is 59.0. The summed E-state index contributed by atoms with van der Waals surface area (Å²) >= 11 is 6.41. The zero-order valence-corrected chi connectivity index (χ0v) is 55.3. The Morgan fingerprint density at radius 3 is 2.03 bits per heavy atom. The van der Waals surface area contributed by atoms with Crippen molar-refractivity contribution >= 4 is 75.7 Å². The van der Waals surface area contributed by atoms with Crippen LogP contribution in [0.1, 0.15) is 82.8 Å². The Bertz CT molecular complexity index is 4130. The average Bonchev–Trinajstić information content (AvgIpc) is 1.40. The highest BCUT2D eigenvalue weighted by atomic mass is 32.1. The van der Waals surface area contributed by atoms with Gasteiger partial charge in [-0.1, -0.05) is 98.0 Å². The number of rotatable bonds is 19. The Labute approximate surface area is 570 Å². The highest BCUT2D eigenvalue weighted by molar-refractivity contribution is 7.71. The van der Waals surface area contributed by atoms with Crippen LogP contribution >= 0.6 is 23.6 Å². The highest BCUT2D eigenvalue weighted by Gasteiger charge is 2.56. The SMILES string of the molecule is CC/C(=C(\c1ccccc1)c1ccc(OCCN(C)C)cc1)c1ccccc1.COc1cc([C@@H]2c3cc4c(cc3C(O[C@@H]3O[C@@H]5COC(c6cccs6)O[C@H]5[C@H](O)[C@H]3O)C3COC(=O)[C@@H]32)OCO4)cc(OC)c1O.Nc1nc2nc[nH]c2c(=S)[nH]1.O=C(O)CC(O)(CC(=O)O)C(=O)O. The molecule has 27 nitrogen and oxygen atoms in total. The summed E-state index contributed by atoms with van der Waals surface area (Å²) in [6.45, 7) is 4.00. The fourth-order valence-electron chi connectivity index (χ4n) is 12.1. The number of aromatic hydroxyl groups is 1. The number of H-pyrrole nitrogens is 2. The maximum atomic E-state index is 13.5. The summed E-state index contributed by atoms with van der Waals surface area (Å²) in [4.78, 5) is 60.3. The molecule has 3 aromatic heterocycles. The topological polar surface area (TPSA) is 389 Å². The number of aliphatic hydroxyl groups excluding tert-OH is 2. The Hall–Kier alpha value is -9.53. The highest BCUT2D eigenvalue weighted by Crippen LogP contribution is 2.57. The minimum Gasteiger partial charge on any atom is -0.502 e. The lowest BCUT2D eigenvalue weighted by Crippen LogP contribution is -2.62. The standard InChI is InChI=1S/C32H32O13S.C26H29NO.C6H8O7.C5H5N5S/c1-37-19-6-13(7-20(38-2)25(19)33)23-14-8-17-18(42-12-41-17)9-15(14)28(16-10-39-30(36)24(16)23)44-32-27(35)26(34)29-21(43-32)11-40-31(45-29)22-4-3-5-46-22;1-4-25(21-11-7-5-8-12-21)26(22-13-9-6-10-14-22)23-15-17-24(18-16-23)28-20-19-27(2)3;7-3(8)1-6(13,5(11)12)2-4(9)10;6-5-9-3-2(4(11)10-5)7-1-8-3/h3-9,16,21,23-24,26-29,31-35H,10-12H2,1-2H3;5-18H,4,19-20H2,1-3H3;13H,1-2H2,(H,7,8)(H,9,10)(H,11,12);1H,(H4,6,7,8,9,10,11)/b;26-25-;;/t16?,21-,23-,24+,26-,27-,28?,29-,31?,32+;;;/m1.../s1. The molecule has 29 heteroatoms. The largest absolute Gasteiger partial charge is 0.502 e. The van der Waals surface area contributed by atoms with E-state index in [0.29, 0.717) is 50.6 Å². The number of aliphatic hydroxyl groups is 3. The molecule has 5 aliphatic rings. The number of phenolic OH excluding ortho intramolecular Hbond substituents is 1. The van der Waals surface area contributed by atoms with Gasteiger partial charge < -0.3 is 104 Å². The third kappa shape index (κ3) is 16.2. The summed E-state index contributed by atoms with van der Waals surface area (Å²) in [7, 11) is 6.97. The van der Waals surface area contributed by atoms with Crippen LogP contribution in [0.5, 0.6) is 34.5 Å². The molecule has 11 N–H and O–H groups in total. The molecule has 0 spiro atoms. The molecule has 4 aliphatic heterocycles. The lowest BCUT2D eigenvalue weighted by atomic mass is 9.66. The number of thiophene rings is 1. The number of methoxy groups -OCH3 is 2. The van der Waals surface area contributed by atoms with Gasteiger partial charge >= 0.3 is 23.9 Å². The fraction of sp³-hybridized carbons (Fsp3) is 0.348. The van der Waals surface area contributed by atoms with E-state index in [9.17, 15) is 34.5 Å². The number of ether oxygens (including phenoxy) is 10. The number of carbonyl (C=O) groups is 4. The van der Waals surface area contributed by atoms with Crippen molar-refractivity contribution in [1.82, 2.24) is 24.8 Å². The van der Waals surface area contributed by atoms with Gasteiger partial charge in [0.25, 0.3) is 0 Å². The molecule has 98 heavy (non-hydrogen) atoms. The molecular weight excluding hydrogens is 1310 g/mol. The van der Waals surface area contributed by atoms with Gasteiger partial charge in [0, 0.05) is 18.4 Å². The van der Waals surface area contributed by atoms with Crippen molar-refractivity contribution in [2.75, 3.05) is 67.2 Å².